The number of rotatable bonds is 4. The van der Waals surface area contributed by atoms with Crippen LogP contribution in [0.15, 0.2) is 24.3 Å². The molecule has 1 heterocycles. The molecule has 0 spiro atoms. The Balaban J connectivity index is 1.89. The van der Waals surface area contributed by atoms with Gasteiger partial charge < -0.3 is 9.64 Å². The van der Waals surface area contributed by atoms with Crippen molar-refractivity contribution in [1.29, 1.82) is 0 Å². The average molecular weight is 234 g/mol. The molecular formula is C12H14N2O3. The van der Waals surface area contributed by atoms with Crippen LogP contribution in [0.25, 0.3) is 0 Å². The Kier molecular flexibility index (Phi) is 3.27. The summed E-state index contributed by atoms with van der Waals surface area (Å²) in [6.45, 7) is 0.707. The predicted molar refractivity (Wildman–Crippen MR) is 61.8 cm³/mol. The van der Waals surface area contributed by atoms with E-state index in [9.17, 15) is 9.59 Å². The Bertz CT molecular complexity index is 428. The number of methoxy groups -OCH3 is 1. The summed E-state index contributed by atoms with van der Waals surface area (Å²) >= 11 is 0. The van der Waals surface area contributed by atoms with Crippen LogP contribution in [0, 0.1) is 0 Å². The van der Waals surface area contributed by atoms with E-state index in [2.05, 4.69) is 5.32 Å². The van der Waals surface area contributed by atoms with Gasteiger partial charge in [0.15, 0.2) is 0 Å². The minimum Gasteiger partial charge on any atom is -0.497 e. The summed E-state index contributed by atoms with van der Waals surface area (Å²) in [5.41, 5.74) is 1.11. The molecule has 1 N–H and O–H groups in total. The zero-order chi connectivity index (χ0) is 12.3. The number of amides is 3. The highest BCUT2D eigenvalue weighted by Gasteiger charge is 2.25. The summed E-state index contributed by atoms with van der Waals surface area (Å²) in [5.74, 6) is 0.576. The van der Waals surface area contributed by atoms with E-state index in [4.69, 9.17) is 4.74 Å². The van der Waals surface area contributed by atoms with Crippen LogP contribution >= 0.6 is 0 Å². The second-order valence-electron chi connectivity index (χ2n) is 3.87. The molecule has 0 unspecified atom stereocenters. The summed E-state index contributed by atoms with van der Waals surface area (Å²) in [6, 6.07) is 7.36. The monoisotopic (exact) mass is 234 g/mol. The number of ether oxygens (including phenoxy) is 1. The zero-order valence-corrected chi connectivity index (χ0v) is 9.60. The molecule has 1 aromatic carbocycles. The van der Waals surface area contributed by atoms with Gasteiger partial charge in [0.1, 0.15) is 12.3 Å². The highest BCUT2D eigenvalue weighted by Crippen LogP contribution is 2.12. The first-order chi connectivity index (χ1) is 8.19. The van der Waals surface area contributed by atoms with Gasteiger partial charge in [0.25, 0.3) is 0 Å². The van der Waals surface area contributed by atoms with Gasteiger partial charge in [0, 0.05) is 6.54 Å². The van der Waals surface area contributed by atoms with Crippen LogP contribution in [0.2, 0.25) is 0 Å². The van der Waals surface area contributed by atoms with Crippen molar-refractivity contribution in [3.63, 3.8) is 0 Å². The van der Waals surface area contributed by atoms with Crippen molar-refractivity contribution in [1.82, 2.24) is 10.2 Å². The molecule has 1 aromatic rings. The molecule has 17 heavy (non-hydrogen) atoms. The molecule has 90 valence electrons. The summed E-state index contributed by atoms with van der Waals surface area (Å²) in [6.07, 6.45) is 0.727. The topological polar surface area (TPSA) is 58.6 Å². The van der Waals surface area contributed by atoms with E-state index in [1.54, 1.807) is 7.11 Å². The second-order valence-corrected chi connectivity index (χ2v) is 3.87. The maximum Gasteiger partial charge on any atom is 0.324 e. The minimum absolute atomic E-state index is 0.162. The van der Waals surface area contributed by atoms with Crippen molar-refractivity contribution in [2.75, 3.05) is 20.2 Å². The Morgan fingerprint density at radius 2 is 2.00 bits per heavy atom. The number of imide groups is 1. The number of benzene rings is 1. The molecule has 0 saturated carbocycles. The molecule has 5 heteroatoms. The predicted octanol–water partition coefficient (Wildman–Crippen LogP) is 0.789. The Morgan fingerprint density at radius 1 is 1.29 bits per heavy atom. The Morgan fingerprint density at radius 3 is 2.53 bits per heavy atom. The van der Waals surface area contributed by atoms with Crippen LogP contribution < -0.4 is 10.1 Å². The van der Waals surface area contributed by atoms with Crippen LogP contribution in [0.4, 0.5) is 4.79 Å². The van der Waals surface area contributed by atoms with Gasteiger partial charge in [-0.05, 0) is 24.1 Å². The maximum absolute atomic E-state index is 11.3. The van der Waals surface area contributed by atoms with Gasteiger partial charge in [-0.15, -0.1) is 0 Å². The van der Waals surface area contributed by atoms with Gasteiger partial charge in [0.2, 0.25) is 5.91 Å². The van der Waals surface area contributed by atoms with Crippen LogP contribution in [-0.2, 0) is 11.2 Å². The largest absolute Gasteiger partial charge is 0.497 e. The summed E-state index contributed by atoms with van der Waals surface area (Å²) < 4.78 is 5.06. The molecule has 2 rings (SSSR count). The molecule has 0 aromatic heterocycles. The number of hydrogen-bond donors (Lipinski definition) is 1. The lowest BCUT2D eigenvalue weighted by Gasteiger charge is -2.12. The van der Waals surface area contributed by atoms with E-state index in [0.717, 1.165) is 17.7 Å². The maximum atomic E-state index is 11.3. The van der Waals surface area contributed by atoms with Crippen LogP contribution in [-0.4, -0.2) is 37.0 Å². The van der Waals surface area contributed by atoms with Crippen LogP contribution in [0.3, 0.4) is 0 Å². The number of urea groups is 1. The Labute approximate surface area is 99.4 Å². The fraction of sp³-hybridized carbons (Fsp3) is 0.333. The summed E-state index contributed by atoms with van der Waals surface area (Å²) in [4.78, 5) is 23.8. The van der Waals surface area contributed by atoms with E-state index in [0.29, 0.717) is 6.54 Å². The molecule has 1 aliphatic heterocycles. The SMILES string of the molecule is COc1ccc(CCN2CC(=O)NC2=O)cc1. The van der Waals surface area contributed by atoms with Gasteiger partial charge >= 0.3 is 6.03 Å². The number of nitrogens with zero attached hydrogens (tertiary/aromatic N) is 1. The molecular weight excluding hydrogens is 220 g/mol. The first-order valence-corrected chi connectivity index (χ1v) is 5.41. The van der Waals surface area contributed by atoms with E-state index < -0.39 is 0 Å². The summed E-state index contributed by atoms with van der Waals surface area (Å²) in [5, 5.41) is 2.25. The molecule has 1 aliphatic rings. The van der Waals surface area contributed by atoms with Gasteiger partial charge in [-0.2, -0.15) is 0 Å². The average Bonchev–Trinajstić information content (AvgIpc) is 2.66. The van der Waals surface area contributed by atoms with Gasteiger partial charge in [-0.3, -0.25) is 10.1 Å². The standard InChI is InChI=1S/C12H14N2O3/c1-17-10-4-2-9(3-5-10)6-7-14-8-11(15)13-12(14)16/h2-5H,6-8H2,1H3,(H,13,15,16). The van der Waals surface area contributed by atoms with E-state index in [-0.39, 0.29) is 18.5 Å². The third-order valence-electron chi connectivity index (χ3n) is 2.70. The second kappa shape index (κ2) is 4.86. The van der Waals surface area contributed by atoms with Crippen molar-refractivity contribution < 1.29 is 14.3 Å². The number of nitrogens with one attached hydrogen (secondary N) is 1. The molecule has 0 atom stereocenters. The fourth-order valence-corrected chi connectivity index (χ4v) is 1.72. The van der Waals surface area contributed by atoms with E-state index >= 15 is 0 Å². The molecule has 0 aliphatic carbocycles. The van der Waals surface area contributed by atoms with Crippen LogP contribution in [0.1, 0.15) is 5.56 Å². The lowest BCUT2D eigenvalue weighted by atomic mass is 10.1. The van der Waals surface area contributed by atoms with E-state index in [1.165, 1.54) is 4.90 Å². The van der Waals surface area contributed by atoms with Crippen molar-refractivity contribution in [3.8, 4) is 5.75 Å². The third-order valence-corrected chi connectivity index (χ3v) is 2.70. The highest BCUT2D eigenvalue weighted by atomic mass is 16.5. The number of carbonyl (C=O) groups is 2. The van der Waals surface area contributed by atoms with E-state index in [1.807, 2.05) is 24.3 Å². The van der Waals surface area contributed by atoms with Crippen molar-refractivity contribution >= 4 is 11.9 Å². The molecule has 1 saturated heterocycles. The molecule has 5 nitrogen and oxygen atoms in total. The lowest BCUT2D eigenvalue weighted by molar-refractivity contribution is -0.118. The molecule has 3 amide bonds. The zero-order valence-electron chi connectivity index (χ0n) is 9.60. The van der Waals surface area contributed by atoms with Crippen molar-refractivity contribution in [2.45, 2.75) is 6.42 Å². The van der Waals surface area contributed by atoms with Gasteiger partial charge in [-0.25, -0.2) is 4.79 Å². The highest BCUT2D eigenvalue weighted by molar-refractivity contribution is 6.01. The van der Waals surface area contributed by atoms with Crippen molar-refractivity contribution in [2.24, 2.45) is 0 Å². The quantitative estimate of drug-likeness (QED) is 0.783. The minimum atomic E-state index is -0.302. The van der Waals surface area contributed by atoms with Crippen molar-refractivity contribution in [3.05, 3.63) is 29.8 Å². The molecule has 1 fully saturated rings. The normalized spacial score (nSPS) is 15.0. The number of hydrogen-bond acceptors (Lipinski definition) is 3. The van der Waals surface area contributed by atoms with Gasteiger partial charge in [0.05, 0.1) is 7.11 Å². The fourth-order valence-electron chi connectivity index (χ4n) is 1.72. The lowest BCUT2D eigenvalue weighted by Crippen LogP contribution is -2.30. The first kappa shape index (κ1) is 11.4. The van der Waals surface area contributed by atoms with Crippen LogP contribution in [0.5, 0.6) is 5.75 Å². The van der Waals surface area contributed by atoms with Gasteiger partial charge in [-0.1, -0.05) is 12.1 Å². The third kappa shape index (κ3) is 2.75. The number of carbonyl (C=O) groups excluding carboxylic acids is 2. The smallest absolute Gasteiger partial charge is 0.324 e. The Hall–Kier alpha value is -2.04. The summed E-state index contributed by atoms with van der Waals surface area (Å²) in [7, 11) is 1.62. The molecule has 0 radical (unpaired) electrons. The first-order valence-electron chi connectivity index (χ1n) is 5.41. The molecule has 0 bridgehead atoms.